The van der Waals surface area contributed by atoms with E-state index in [-0.39, 0.29) is 24.2 Å². The Balaban J connectivity index is 1.64. The summed E-state index contributed by atoms with van der Waals surface area (Å²) in [7, 11) is 0. The number of nitrogens with zero attached hydrogens (tertiary/aromatic N) is 2. The van der Waals surface area contributed by atoms with Gasteiger partial charge in [0.1, 0.15) is 12.3 Å². The maximum atomic E-state index is 12.5. The van der Waals surface area contributed by atoms with Gasteiger partial charge < -0.3 is 4.90 Å². The third-order valence-electron chi connectivity index (χ3n) is 4.88. The van der Waals surface area contributed by atoms with Crippen LogP contribution in [0.4, 0.5) is 0 Å². The maximum Gasteiger partial charge on any atom is 0.262 e. The van der Waals surface area contributed by atoms with Crippen molar-refractivity contribution < 1.29 is 19.2 Å². The molecular weight excluding hydrogens is 388 g/mol. The number of halogens is 1. The van der Waals surface area contributed by atoms with Gasteiger partial charge >= 0.3 is 0 Å². The van der Waals surface area contributed by atoms with Gasteiger partial charge in [0, 0.05) is 29.9 Å². The zero-order chi connectivity index (χ0) is 18.1. The Morgan fingerprint density at radius 2 is 1.76 bits per heavy atom. The lowest BCUT2D eigenvalue weighted by molar-refractivity contribution is -0.135. The molecule has 0 spiro atoms. The molecule has 2 aliphatic heterocycles. The minimum absolute atomic E-state index is 0.0192. The van der Waals surface area contributed by atoms with Gasteiger partial charge in [-0.3, -0.25) is 24.1 Å². The van der Waals surface area contributed by atoms with Gasteiger partial charge in [0.05, 0.1) is 11.1 Å². The SMILES string of the molecule is CCC(=O)C1CCN(C(=O)CN2C(=O)c3ccc(Br)cc3C2=O)CC1. The molecule has 3 amide bonds. The Morgan fingerprint density at radius 1 is 1.12 bits per heavy atom. The van der Waals surface area contributed by atoms with Crippen molar-refractivity contribution in [2.45, 2.75) is 26.2 Å². The third-order valence-corrected chi connectivity index (χ3v) is 5.37. The second-order valence-electron chi connectivity index (χ2n) is 6.36. The molecule has 7 heteroatoms. The van der Waals surface area contributed by atoms with E-state index in [1.54, 1.807) is 23.1 Å². The van der Waals surface area contributed by atoms with E-state index in [2.05, 4.69) is 15.9 Å². The van der Waals surface area contributed by atoms with Crippen LogP contribution in [0.15, 0.2) is 22.7 Å². The van der Waals surface area contributed by atoms with Gasteiger partial charge in [-0.15, -0.1) is 0 Å². The van der Waals surface area contributed by atoms with E-state index in [4.69, 9.17) is 0 Å². The number of rotatable bonds is 4. The molecule has 1 fully saturated rings. The fourth-order valence-corrected chi connectivity index (χ4v) is 3.74. The molecule has 0 N–H and O–H groups in total. The number of piperidine rings is 1. The Kier molecular flexibility index (Phi) is 5.03. The minimum Gasteiger partial charge on any atom is -0.341 e. The molecule has 1 aromatic carbocycles. The highest BCUT2D eigenvalue weighted by Gasteiger charge is 2.38. The summed E-state index contributed by atoms with van der Waals surface area (Å²) < 4.78 is 0.711. The van der Waals surface area contributed by atoms with Gasteiger partial charge in [-0.2, -0.15) is 0 Å². The summed E-state index contributed by atoms with van der Waals surface area (Å²) >= 11 is 3.28. The molecule has 3 rings (SSSR count). The van der Waals surface area contributed by atoms with Crippen LogP contribution in [0.1, 0.15) is 46.9 Å². The molecule has 1 aromatic rings. The van der Waals surface area contributed by atoms with Crippen molar-refractivity contribution in [3.63, 3.8) is 0 Å². The number of imide groups is 1. The number of Topliss-reactive ketones (excluding diaryl/α,β-unsaturated/α-hetero) is 1. The third kappa shape index (κ3) is 3.38. The molecule has 132 valence electrons. The lowest BCUT2D eigenvalue weighted by Crippen LogP contribution is -2.46. The Bertz CT molecular complexity index is 753. The van der Waals surface area contributed by atoms with Crippen LogP contribution in [0.2, 0.25) is 0 Å². The molecule has 1 saturated heterocycles. The highest BCUT2D eigenvalue weighted by Crippen LogP contribution is 2.26. The second kappa shape index (κ2) is 7.07. The lowest BCUT2D eigenvalue weighted by atomic mass is 9.91. The number of ketones is 1. The summed E-state index contributed by atoms with van der Waals surface area (Å²) in [5.41, 5.74) is 0.646. The Morgan fingerprint density at radius 3 is 2.40 bits per heavy atom. The van der Waals surface area contributed by atoms with Gasteiger partial charge in [-0.05, 0) is 31.0 Å². The summed E-state index contributed by atoms with van der Waals surface area (Å²) in [6.45, 7) is 2.57. The van der Waals surface area contributed by atoms with E-state index in [1.807, 2.05) is 6.92 Å². The number of carbonyl (C=O) groups excluding carboxylic acids is 4. The summed E-state index contributed by atoms with van der Waals surface area (Å²) in [5, 5.41) is 0. The van der Waals surface area contributed by atoms with Crippen LogP contribution in [0.25, 0.3) is 0 Å². The number of hydrogen-bond acceptors (Lipinski definition) is 4. The smallest absolute Gasteiger partial charge is 0.262 e. The molecule has 0 aromatic heterocycles. The first-order valence-corrected chi connectivity index (χ1v) is 9.18. The number of benzene rings is 1. The average molecular weight is 407 g/mol. The predicted molar refractivity (Wildman–Crippen MR) is 94.1 cm³/mol. The topological polar surface area (TPSA) is 74.8 Å². The molecular formula is C18H19BrN2O4. The summed E-state index contributed by atoms with van der Waals surface area (Å²) in [6, 6.07) is 4.89. The van der Waals surface area contributed by atoms with Crippen LogP contribution >= 0.6 is 15.9 Å². The average Bonchev–Trinajstić information content (AvgIpc) is 2.85. The molecule has 2 aliphatic rings. The second-order valence-corrected chi connectivity index (χ2v) is 7.28. The fraction of sp³-hybridized carbons (Fsp3) is 0.444. The van der Waals surface area contributed by atoms with Crippen molar-refractivity contribution >= 4 is 39.4 Å². The van der Waals surface area contributed by atoms with Crippen molar-refractivity contribution in [3.05, 3.63) is 33.8 Å². The highest BCUT2D eigenvalue weighted by atomic mass is 79.9. The Labute approximate surface area is 154 Å². The van der Waals surface area contributed by atoms with E-state index in [9.17, 15) is 19.2 Å². The molecule has 25 heavy (non-hydrogen) atoms. The number of hydrogen-bond donors (Lipinski definition) is 0. The molecule has 0 atom stereocenters. The van der Waals surface area contributed by atoms with E-state index >= 15 is 0 Å². The van der Waals surface area contributed by atoms with E-state index < -0.39 is 11.8 Å². The zero-order valence-corrected chi connectivity index (χ0v) is 15.5. The highest BCUT2D eigenvalue weighted by molar-refractivity contribution is 9.10. The Hall–Kier alpha value is -2.02. The van der Waals surface area contributed by atoms with Gasteiger partial charge in [-0.1, -0.05) is 22.9 Å². The molecule has 0 aliphatic carbocycles. The lowest BCUT2D eigenvalue weighted by Gasteiger charge is -2.32. The maximum absolute atomic E-state index is 12.5. The van der Waals surface area contributed by atoms with Crippen LogP contribution in [0.5, 0.6) is 0 Å². The summed E-state index contributed by atoms with van der Waals surface area (Å²) in [4.78, 5) is 51.7. The number of amides is 3. The minimum atomic E-state index is -0.439. The molecule has 0 unspecified atom stereocenters. The van der Waals surface area contributed by atoms with Crippen molar-refractivity contribution in [2.75, 3.05) is 19.6 Å². The summed E-state index contributed by atoms with van der Waals surface area (Å²) in [6.07, 6.45) is 1.81. The molecule has 0 bridgehead atoms. The first-order chi connectivity index (χ1) is 11.9. The van der Waals surface area contributed by atoms with Crippen LogP contribution in [0.3, 0.4) is 0 Å². The molecule has 0 saturated carbocycles. The predicted octanol–water partition coefficient (Wildman–Crippen LogP) is 2.26. The van der Waals surface area contributed by atoms with Crippen LogP contribution in [-0.4, -0.2) is 52.9 Å². The molecule has 6 nitrogen and oxygen atoms in total. The van der Waals surface area contributed by atoms with Crippen molar-refractivity contribution in [1.82, 2.24) is 9.80 Å². The fourth-order valence-electron chi connectivity index (χ4n) is 3.38. The number of fused-ring (bicyclic) bond motifs is 1. The van der Waals surface area contributed by atoms with Gasteiger partial charge in [0.25, 0.3) is 11.8 Å². The van der Waals surface area contributed by atoms with Gasteiger partial charge in [0.15, 0.2) is 0 Å². The van der Waals surface area contributed by atoms with Crippen LogP contribution < -0.4 is 0 Å². The van der Waals surface area contributed by atoms with Crippen molar-refractivity contribution in [2.24, 2.45) is 5.92 Å². The van der Waals surface area contributed by atoms with Gasteiger partial charge in [-0.25, -0.2) is 0 Å². The monoisotopic (exact) mass is 406 g/mol. The zero-order valence-electron chi connectivity index (χ0n) is 14.0. The van der Waals surface area contributed by atoms with E-state index in [1.165, 1.54) is 0 Å². The van der Waals surface area contributed by atoms with Gasteiger partial charge in [0.2, 0.25) is 5.91 Å². The first-order valence-electron chi connectivity index (χ1n) is 8.38. The summed E-state index contributed by atoms with van der Waals surface area (Å²) in [5.74, 6) is -0.873. The standard InChI is InChI=1S/C18H19BrN2O4/c1-2-15(22)11-5-7-20(8-6-11)16(23)10-21-17(24)13-4-3-12(19)9-14(13)18(21)25/h3-4,9,11H,2,5-8,10H2,1H3. The number of likely N-dealkylation sites (tertiary alicyclic amines) is 1. The normalized spacial score (nSPS) is 17.8. The first kappa shape index (κ1) is 17.8. The molecule has 2 heterocycles. The van der Waals surface area contributed by atoms with E-state index in [0.717, 1.165) is 4.90 Å². The van der Waals surface area contributed by atoms with Crippen molar-refractivity contribution in [3.8, 4) is 0 Å². The number of carbonyl (C=O) groups is 4. The van der Waals surface area contributed by atoms with Crippen LogP contribution in [0, 0.1) is 5.92 Å². The van der Waals surface area contributed by atoms with Crippen molar-refractivity contribution in [1.29, 1.82) is 0 Å². The van der Waals surface area contributed by atoms with E-state index in [0.29, 0.717) is 48.0 Å². The quantitative estimate of drug-likeness (QED) is 0.718. The largest absolute Gasteiger partial charge is 0.341 e. The molecule has 0 radical (unpaired) electrons. The van der Waals surface area contributed by atoms with Crippen LogP contribution in [-0.2, 0) is 9.59 Å².